The van der Waals surface area contributed by atoms with E-state index in [0.717, 1.165) is 21.1 Å². The van der Waals surface area contributed by atoms with Gasteiger partial charge in [0.1, 0.15) is 5.69 Å². The maximum absolute atomic E-state index is 10.9. The molecular weight excluding hydrogens is 303 g/mol. The van der Waals surface area contributed by atoms with Crippen LogP contribution < -0.4 is 0 Å². The van der Waals surface area contributed by atoms with Crippen LogP contribution in [0.15, 0.2) is 30.5 Å². The van der Waals surface area contributed by atoms with E-state index >= 15 is 0 Å². The molecular formula is C11H9IN2O. The summed E-state index contributed by atoms with van der Waals surface area (Å²) in [6, 6.07) is 7.87. The zero-order valence-corrected chi connectivity index (χ0v) is 10.3. The molecule has 0 aliphatic heterocycles. The normalized spacial score (nSPS) is 10.3. The zero-order chi connectivity index (χ0) is 10.8. The number of hydrogen-bond donors (Lipinski definition) is 0. The molecule has 76 valence electrons. The number of aryl methyl sites for hydroxylation is 1. The second-order valence-corrected chi connectivity index (χ2v) is 4.47. The second kappa shape index (κ2) is 4.14. The molecule has 0 saturated carbocycles. The Bertz CT molecular complexity index is 505. The number of aldehydes is 1. The summed E-state index contributed by atoms with van der Waals surface area (Å²) in [6.07, 6.45) is 2.53. The average molecular weight is 312 g/mol. The van der Waals surface area contributed by atoms with Crippen LogP contribution >= 0.6 is 22.6 Å². The molecule has 1 heterocycles. The quantitative estimate of drug-likeness (QED) is 0.631. The molecule has 0 spiro atoms. The van der Waals surface area contributed by atoms with Crippen molar-refractivity contribution in [2.45, 2.75) is 6.92 Å². The van der Waals surface area contributed by atoms with Crippen LogP contribution in [0.5, 0.6) is 0 Å². The van der Waals surface area contributed by atoms with Crippen molar-refractivity contribution in [3.63, 3.8) is 0 Å². The van der Waals surface area contributed by atoms with Crippen LogP contribution in [0.25, 0.3) is 5.69 Å². The summed E-state index contributed by atoms with van der Waals surface area (Å²) in [5.74, 6) is 0. The van der Waals surface area contributed by atoms with Crippen LogP contribution in [-0.2, 0) is 0 Å². The molecule has 0 fully saturated rings. The Hall–Kier alpha value is -1.17. The van der Waals surface area contributed by atoms with E-state index in [9.17, 15) is 4.79 Å². The number of hydrogen-bond acceptors (Lipinski definition) is 2. The van der Waals surface area contributed by atoms with Crippen LogP contribution in [0.4, 0.5) is 0 Å². The Kier molecular flexibility index (Phi) is 2.86. The largest absolute Gasteiger partial charge is 0.296 e. The maximum Gasteiger partial charge on any atom is 0.168 e. The molecule has 2 aromatic rings. The minimum Gasteiger partial charge on any atom is -0.296 e. The molecule has 2 rings (SSSR count). The monoisotopic (exact) mass is 312 g/mol. The van der Waals surface area contributed by atoms with Crippen LogP contribution in [0.1, 0.15) is 16.1 Å². The Labute approximate surface area is 101 Å². The third-order valence-corrected chi connectivity index (χ3v) is 2.83. The summed E-state index contributed by atoms with van der Waals surface area (Å²) in [4.78, 5) is 10.9. The van der Waals surface area contributed by atoms with Crippen molar-refractivity contribution >= 4 is 28.9 Å². The van der Waals surface area contributed by atoms with E-state index in [4.69, 9.17) is 0 Å². The first kappa shape index (κ1) is 10.4. The van der Waals surface area contributed by atoms with E-state index < -0.39 is 0 Å². The fraction of sp³-hybridized carbons (Fsp3) is 0.0909. The van der Waals surface area contributed by atoms with E-state index in [1.165, 1.54) is 0 Å². The third kappa shape index (κ3) is 1.94. The summed E-state index contributed by atoms with van der Waals surface area (Å²) >= 11 is 2.23. The van der Waals surface area contributed by atoms with Gasteiger partial charge in [0.15, 0.2) is 6.29 Å². The highest BCUT2D eigenvalue weighted by Gasteiger charge is 2.07. The predicted octanol–water partition coefficient (Wildman–Crippen LogP) is 2.60. The third-order valence-electron chi connectivity index (χ3n) is 2.16. The van der Waals surface area contributed by atoms with Crippen molar-refractivity contribution in [1.82, 2.24) is 9.78 Å². The Morgan fingerprint density at radius 1 is 1.47 bits per heavy atom. The van der Waals surface area contributed by atoms with Crippen molar-refractivity contribution in [1.29, 1.82) is 0 Å². The molecule has 0 aliphatic carbocycles. The molecule has 0 radical (unpaired) electrons. The highest BCUT2D eigenvalue weighted by Crippen LogP contribution is 2.15. The summed E-state index contributed by atoms with van der Waals surface area (Å²) in [5, 5.41) is 4.18. The molecule has 4 heteroatoms. The molecule has 1 aromatic heterocycles. The van der Waals surface area contributed by atoms with E-state index in [1.54, 1.807) is 10.9 Å². The van der Waals surface area contributed by atoms with Gasteiger partial charge in [0.25, 0.3) is 0 Å². The molecule has 0 unspecified atom stereocenters. The van der Waals surface area contributed by atoms with Gasteiger partial charge >= 0.3 is 0 Å². The van der Waals surface area contributed by atoms with Crippen molar-refractivity contribution in [3.05, 3.63) is 45.3 Å². The van der Waals surface area contributed by atoms with Crippen molar-refractivity contribution < 1.29 is 4.79 Å². The topological polar surface area (TPSA) is 34.9 Å². The van der Waals surface area contributed by atoms with Gasteiger partial charge in [-0.2, -0.15) is 5.10 Å². The van der Waals surface area contributed by atoms with Crippen LogP contribution in [-0.4, -0.2) is 16.1 Å². The van der Waals surface area contributed by atoms with Crippen LogP contribution in [0.2, 0.25) is 0 Å². The van der Waals surface area contributed by atoms with Gasteiger partial charge in [-0.25, -0.2) is 4.68 Å². The summed E-state index contributed by atoms with van der Waals surface area (Å²) in [5.41, 5.74) is 2.41. The van der Waals surface area contributed by atoms with E-state index in [1.807, 2.05) is 31.2 Å². The number of rotatable bonds is 2. The first-order valence-corrected chi connectivity index (χ1v) is 5.56. The average Bonchev–Trinajstić information content (AvgIpc) is 2.59. The fourth-order valence-corrected chi connectivity index (χ4v) is 1.92. The van der Waals surface area contributed by atoms with Crippen molar-refractivity contribution in [3.8, 4) is 5.69 Å². The van der Waals surface area contributed by atoms with Gasteiger partial charge in [0.2, 0.25) is 0 Å². The van der Waals surface area contributed by atoms with Gasteiger partial charge in [-0.15, -0.1) is 0 Å². The lowest BCUT2D eigenvalue weighted by atomic mass is 10.3. The van der Waals surface area contributed by atoms with Crippen molar-refractivity contribution in [2.75, 3.05) is 0 Å². The minimum absolute atomic E-state index is 0.608. The van der Waals surface area contributed by atoms with Gasteiger partial charge in [-0.3, -0.25) is 4.79 Å². The van der Waals surface area contributed by atoms with Gasteiger partial charge in [-0.05, 0) is 53.3 Å². The summed E-state index contributed by atoms with van der Waals surface area (Å²) < 4.78 is 2.78. The van der Waals surface area contributed by atoms with Crippen molar-refractivity contribution in [2.24, 2.45) is 0 Å². The summed E-state index contributed by atoms with van der Waals surface area (Å²) in [6.45, 7) is 1.88. The Balaban J connectivity index is 2.58. The van der Waals surface area contributed by atoms with Gasteiger partial charge in [-0.1, -0.05) is 6.07 Å². The van der Waals surface area contributed by atoms with E-state index in [0.29, 0.717) is 5.69 Å². The minimum atomic E-state index is 0.608. The van der Waals surface area contributed by atoms with Gasteiger partial charge in [0.05, 0.1) is 11.9 Å². The molecule has 0 atom stereocenters. The molecule has 1 aromatic carbocycles. The lowest BCUT2D eigenvalue weighted by molar-refractivity contribution is 0.111. The Morgan fingerprint density at radius 3 is 2.93 bits per heavy atom. The highest BCUT2D eigenvalue weighted by atomic mass is 127. The standard InChI is InChI=1S/C11H9IN2O/c1-8-6-13-14(11(8)7-15)10-4-2-3-9(12)5-10/h2-7H,1H3. The molecule has 0 bridgehead atoms. The molecule has 0 N–H and O–H groups in total. The lowest BCUT2D eigenvalue weighted by Gasteiger charge is -2.03. The predicted molar refractivity (Wildman–Crippen MR) is 66.4 cm³/mol. The zero-order valence-electron chi connectivity index (χ0n) is 8.14. The molecule has 0 aliphatic rings. The van der Waals surface area contributed by atoms with Gasteiger partial charge < -0.3 is 0 Å². The van der Waals surface area contributed by atoms with E-state index in [2.05, 4.69) is 27.7 Å². The van der Waals surface area contributed by atoms with Crippen LogP contribution in [0, 0.1) is 10.5 Å². The smallest absolute Gasteiger partial charge is 0.168 e. The van der Waals surface area contributed by atoms with Gasteiger partial charge in [0, 0.05) is 3.57 Å². The fourth-order valence-electron chi connectivity index (χ4n) is 1.40. The van der Waals surface area contributed by atoms with Crippen LogP contribution in [0.3, 0.4) is 0 Å². The number of halogens is 1. The number of nitrogens with zero attached hydrogens (tertiary/aromatic N) is 2. The second-order valence-electron chi connectivity index (χ2n) is 3.22. The number of aromatic nitrogens is 2. The first-order valence-electron chi connectivity index (χ1n) is 4.48. The Morgan fingerprint density at radius 2 is 2.27 bits per heavy atom. The highest BCUT2D eigenvalue weighted by molar-refractivity contribution is 14.1. The molecule has 0 saturated heterocycles. The SMILES string of the molecule is Cc1cnn(-c2cccc(I)c2)c1C=O. The lowest BCUT2D eigenvalue weighted by Crippen LogP contribution is -2.01. The number of benzene rings is 1. The molecule has 3 nitrogen and oxygen atoms in total. The summed E-state index contributed by atoms with van der Waals surface area (Å²) in [7, 11) is 0. The first-order chi connectivity index (χ1) is 7.22. The maximum atomic E-state index is 10.9. The molecule has 0 amide bonds. The van der Waals surface area contributed by atoms with E-state index in [-0.39, 0.29) is 0 Å². The molecule has 15 heavy (non-hydrogen) atoms. The number of carbonyl (C=O) groups excluding carboxylic acids is 1. The number of carbonyl (C=O) groups is 1.